The molecule has 0 unspecified atom stereocenters. The second-order valence-corrected chi connectivity index (χ2v) is 5.03. The van der Waals surface area contributed by atoms with Gasteiger partial charge in [0.15, 0.2) is 0 Å². The van der Waals surface area contributed by atoms with E-state index in [2.05, 4.69) is 10.3 Å². The zero-order chi connectivity index (χ0) is 13.0. The lowest BCUT2D eigenvalue weighted by Crippen LogP contribution is -2.19. The van der Waals surface area contributed by atoms with Crippen molar-refractivity contribution in [3.8, 4) is 5.75 Å². The second-order valence-electron chi connectivity index (χ2n) is 4.02. The van der Waals surface area contributed by atoms with Crippen LogP contribution in [-0.4, -0.2) is 28.5 Å². The predicted molar refractivity (Wildman–Crippen MR) is 68.8 cm³/mol. The van der Waals surface area contributed by atoms with Gasteiger partial charge < -0.3 is 15.2 Å². The molecule has 0 radical (unpaired) electrons. The van der Waals surface area contributed by atoms with Crippen molar-refractivity contribution in [3.05, 3.63) is 17.5 Å². The van der Waals surface area contributed by atoms with Gasteiger partial charge in [-0.1, -0.05) is 6.92 Å². The van der Waals surface area contributed by atoms with Gasteiger partial charge >= 0.3 is 0 Å². The Labute approximate surface area is 110 Å². The Morgan fingerprint density at radius 2 is 2.50 bits per heavy atom. The molecule has 2 rings (SSSR count). The molecule has 0 aromatic carbocycles. The number of nitrogens with zero attached hydrogens (tertiary/aromatic N) is 1. The molecular weight excluding hydrogens is 252 g/mol. The van der Waals surface area contributed by atoms with Crippen LogP contribution in [0.2, 0.25) is 0 Å². The molecular formula is C12H16N2O3S. The molecule has 0 aliphatic carbocycles. The summed E-state index contributed by atoms with van der Waals surface area (Å²) in [6.07, 6.45) is 3.14. The molecule has 2 N–H and O–H groups in total. The summed E-state index contributed by atoms with van der Waals surface area (Å²) in [5.74, 6) is 0.122. The van der Waals surface area contributed by atoms with Crippen molar-refractivity contribution >= 4 is 17.0 Å². The van der Waals surface area contributed by atoms with E-state index in [0.717, 1.165) is 23.9 Å². The smallest absolute Gasteiger partial charge is 0.284 e. The highest BCUT2D eigenvalue weighted by atomic mass is 32.2. The number of amides is 1. The van der Waals surface area contributed by atoms with Crippen molar-refractivity contribution < 1.29 is 14.6 Å². The summed E-state index contributed by atoms with van der Waals surface area (Å²) in [7, 11) is 0. The van der Waals surface area contributed by atoms with Crippen LogP contribution < -0.4 is 5.32 Å². The summed E-state index contributed by atoms with van der Waals surface area (Å²) < 4.78 is 5.29. The Kier molecular flexibility index (Phi) is 4.43. The van der Waals surface area contributed by atoms with E-state index in [0.29, 0.717) is 36.6 Å². The quantitative estimate of drug-likeness (QED) is 0.821. The maximum Gasteiger partial charge on any atom is 0.284 e. The van der Waals surface area contributed by atoms with Crippen LogP contribution in [0.3, 0.4) is 0 Å². The molecule has 98 valence electrons. The first-order valence-corrected chi connectivity index (χ1v) is 6.77. The Hall–Kier alpha value is -1.27. The van der Waals surface area contributed by atoms with Crippen molar-refractivity contribution in [2.75, 3.05) is 13.2 Å². The summed E-state index contributed by atoms with van der Waals surface area (Å²) in [4.78, 5) is 16.3. The van der Waals surface area contributed by atoms with Gasteiger partial charge in [0.1, 0.15) is 5.75 Å². The van der Waals surface area contributed by atoms with Crippen LogP contribution in [0, 0.1) is 0 Å². The van der Waals surface area contributed by atoms with Gasteiger partial charge in [0.25, 0.3) is 5.24 Å². The van der Waals surface area contributed by atoms with E-state index >= 15 is 0 Å². The fourth-order valence-corrected chi connectivity index (χ4v) is 2.41. The molecule has 0 saturated carbocycles. The van der Waals surface area contributed by atoms with E-state index in [4.69, 9.17) is 4.74 Å². The average Bonchev–Trinajstić information content (AvgIpc) is 2.40. The number of pyridine rings is 1. The van der Waals surface area contributed by atoms with E-state index in [9.17, 15) is 9.90 Å². The molecule has 0 fully saturated rings. The third-order valence-corrected chi connectivity index (χ3v) is 3.51. The Bertz CT molecular complexity index is 451. The number of hydrogen-bond acceptors (Lipinski definition) is 5. The summed E-state index contributed by atoms with van der Waals surface area (Å²) in [5.41, 5.74) is 1.56. The molecule has 2 heterocycles. The molecule has 1 aliphatic heterocycles. The van der Waals surface area contributed by atoms with Gasteiger partial charge in [-0.15, -0.1) is 0 Å². The second kappa shape index (κ2) is 6.06. The molecule has 1 aromatic heterocycles. The van der Waals surface area contributed by atoms with E-state index in [-0.39, 0.29) is 11.0 Å². The fourth-order valence-electron chi connectivity index (χ4n) is 1.71. The van der Waals surface area contributed by atoms with Gasteiger partial charge in [-0.3, -0.25) is 9.78 Å². The largest absolute Gasteiger partial charge is 0.506 e. The molecule has 0 atom stereocenters. The summed E-state index contributed by atoms with van der Waals surface area (Å²) >= 11 is 0.965. The first-order chi connectivity index (χ1) is 8.72. The number of hydrogen-bond donors (Lipinski definition) is 2. The molecule has 1 amide bonds. The monoisotopic (exact) mass is 268 g/mol. The van der Waals surface area contributed by atoms with Gasteiger partial charge in [-0.25, -0.2) is 0 Å². The maximum atomic E-state index is 11.6. The molecule has 18 heavy (non-hydrogen) atoms. The van der Waals surface area contributed by atoms with Gasteiger partial charge in [-0.05, 0) is 18.2 Å². The molecule has 0 bridgehead atoms. The zero-order valence-corrected chi connectivity index (χ0v) is 11.0. The first kappa shape index (κ1) is 13.2. The highest BCUT2D eigenvalue weighted by molar-refractivity contribution is 8.13. The number of rotatable bonds is 3. The fraction of sp³-hybridized carbons (Fsp3) is 0.500. The van der Waals surface area contributed by atoms with Gasteiger partial charge in [0.2, 0.25) is 0 Å². The van der Waals surface area contributed by atoms with E-state index in [1.54, 1.807) is 6.20 Å². The topological polar surface area (TPSA) is 71.5 Å². The van der Waals surface area contributed by atoms with Gasteiger partial charge in [0, 0.05) is 24.7 Å². The number of aromatic nitrogens is 1. The molecule has 0 saturated heterocycles. The van der Waals surface area contributed by atoms with Crippen LogP contribution >= 0.6 is 11.8 Å². The van der Waals surface area contributed by atoms with E-state index < -0.39 is 0 Å². The van der Waals surface area contributed by atoms with Crippen LogP contribution in [0.15, 0.2) is 11.1 Å². The summed E-state index contributed by atoms with van der Waals surface area (Å²) in [6.45, 7) is 3.61. The summed E-state index contributed by atoms with van der Waals surface area (Å²) in [6, 6.07) is 0. The van der Waals surface area contributed by atoms with Gasteiger partial charge in [-0.2, -0.15) is 0 Å². The highest BCUT2D eigenvalue weighted by Crippen LogP contribution is 2.34. The number of nitrogens with one attached hydrogen (secondary N) is 1. The van der Waals surface area contributed by atoms with Crippen molar-refractivity contribution in [2.45, 2.75) is 31.3 Å². The number of aromatic hydroxyl groups is 1. The SMILES string of the molecule is CCCNC(=O)Sc1cnc2c(c1O)COCC2. The maximum absolute atomic E-state index is 11.6. The lowest BCUT2D eigenvalue weighted by atomic mass is 10.1. The molecule has 1 aromatic rings. The minimum Gasteiger partial charge on any atom is -0.506 e. The molecule has 6 heteroatoms. The molecule has 5 nitrogen and oxygen atoms in total. The lowest BCUT2D eigenvalue weighted by molar-refractivity contribution is 0.106. The number of thioether (sulfide) groups is 1. The van der Waals surface area contributed by atoms with Crippen LogP contribution in [-0.2, 0) is 17.8 Å². The Morgan fingerprint density at radius 3 is 3.28 bits per heavy atom. The first-order valence-electron chi connectivity index (χ1n) is 5.95. The lowest BCUT2D eigenvalue weighted by Gasteiger charge is -2.17. The minimum atomic E-state index is -0.175. The predicted octanol–water partition coefficient (Wildman–Crippen LogP) is 2.07. The normalized spacial score (nSPS) is 14.1. The van der Waals surface area contributed by atoms with Gasteiger partial charge in [0.05, 0.1) is 23.8 Å². The van der Waals surface area contributed by atoms with Crippen molar-refractivity contribution in [3.63, 3.8) is 0 Å². The Morgan fingerprint density at radius 1 is 1.67 bits per heavy atom. The third-order valence-electron chi connectivity index (χ3n) is 2.66. The van der Waals surface area contributed by atoms with Crippen LogP contribution in [0.25, 0.3) is 0 Å². The average molecular weight is 268 g/mol. The minimum absolute atomic E-state index is 0.122. The van der Waals surface area contributed by atoms with E-state index in [1.807, 2.05) is 6.92 Å². The summed E-state index contributed by atoms with van der Waals surface area (Å²) in [5, 5.41) is 12.7. The number of ether oxygens (including phenoxy) is 1. The number of fused-ring (bicyclic) bond motifs is 1. The van der Waals surface area contributed by atoms with Crippen molar-refractivity contribution in [2.24, 2.45) is 0 Å². The standard InChI is InChI=1S/C12H16N2O3S/c1-2-4-13-12(16)18-10-6-14-9-3-5-17-7-8(9)11(10)15/h6H,2-5,7H2,1H3,(H,13,16)(H,14,15). The van der Waals surface area contributed by atoms with Crippen LogP contribution in [0.1, 0.15) is 24.6 Å². The van der Waals surface area contributed by atoms with Crippen molar-refractivity contribution in [1.82, 2.24) is 10.3 Å². The molecule has 0 spiro atoms. The van der Waals surface area contributed by atoms with E-state index in [1.165, 1.54) is 0 Å². The zero-order valence-electron chi connectivity index (χ0n) is 10.2. The highest BCUT2D eigenvalue weighted by Gasteiger charge is 2.19. The number of carbonyl (C=O) groups excluding carboxylic acids is 1. The number of carbonyl (C=O) groups is 1. The van der Waals surface area contributed by atoms with Crippen LogP contribution in [0.4, 0.5) is 4.79 Å². The molecule has 1 aliphatic rings. The Balaban J connectivity index is 2.12. The van der Waals surface area contributed by atoms with Crippen molar-refractivity contribution in [1.29, 1.82) is 0 Å². The van der Waals surface area contributed by atoms with Crippen LogP contribution in [0.5, 0.6) is 5.75 Å². The third kappa shape index (κ3) is 2.94.